The second-order valence-electron chi connectivity index (χ2n) is 8.15. The summed E-state index contributed by atoms with van der Waals surface area (Å²) in [5.74, 6) is 0.172. The lowest BCUT2D eigenvalue weighted by Gasteiger charge is -2.25. The molecule has 4 rings (SSSR count). The Balaban J connectivity index is 1.82. The van der Waals surface area contributed by atoms with Gasteiger partial charge in [-0.05, 0) is 60.5 Å². The molecule has 1 aliphatic heterocycles. The molecule has 1 saturated heterocycles. The number of carbonyl (C=O) groups is 2. The van der Waals surface area contributed by atoms with Crippen molar-refractivity contribution < 1.29 is 28.9 Å². The van der Waals surface area contributed by atoms with Gasteiger partial charge >= 0.3 is 0 Å². The number of Topliss-reactive ketones (excluding diaryl/α,β-unsaturated/α-hetero) is 1. The van der Waals surface area contributed by atoms with E-state index in [0.717, 1.165) is 0 Å². The van der Waals surface area contributed by atoms with Crippen molar-refractivity contribution in [3.8, 4) is 17.2 Å². The Kier molecular flexibility index (Phi) is 7.17. The lowest BCUT2D eigenvalue weighted by atomic mass is 9.93. The molecule has 7 nitrogen and oxygen atoms in total. The van der Waals surface area contributed by atoms with Gasteiger partial charge in [-0.15, -0.1) is 0 Å². The second-order valence-corrected chi connectivity index (χ2v) is 8.15. The van der Waals surface area contributed by atoms with Crippen molar-refractivity contribution in [3.05, 3.63) is 95.1 Å². The number of hydrogen-bond acceptors (Lipinski definition) is 6. The minimum absolute atomic E-state index is 0.0243. The summed E-state index contributed by atoms with van der Waals surface area (Å²) in [4.78, 5) is 27.6. The van der Waals surface area contributed by atoms with Crippen LogP contribution in [-0.2, 0) is 14.3 Å². The SMILES string of the molecule is COCCN1C(=O)C(=O)C(=C(O)c2ccc(OC)cc2C)[C@@H]1c1cccc(Oc2ccccc2)c1. The number of aliphatic hydroxyl groups is 1. The first-order chi connectivity index (χ1) is 16.9. The first-order valence-corrected chi connectivity index (χ1v) is 11.2. The Morgan fingerprint density at radius 3 is 2.34 bits per heavy atom. The summed E-state index contributed by atoms with van der Waals surface area (Å²) in [6.45, 7) is 2.24. The molecule has 0 bridgehead atoms. The molecular formula is C28H27NO6. The molecule has 0 radical (unpaired) electrons. The molecule has 3 aromatic carbocycles. The van der Waals surface area contributed by atoms with E-state index in [1.807, 2.05) is 43.3 Å². The van der Waals surface area contributed by atoms with Crippen molar-refractivity contribution in [2.24, 2.45) is 0 Å². The van der Waals surface area contributed by atoms with Gasteiger partial charge in [-0.2, -0.15) is 0 Å². The highest BCUT2D eigenvalue weighted by atomic mass is 16.5. The van der Waals surface area contributed by atoms with Crippen LogP contribution in [0.15, 0.2) is 78.4 Å². The molecule has 0 aliphatic carbocycles. The molecule has 1 N–H and O–H groups in total. The first-order valence-electron chi connectivity index (χ1n) is 11.2. The zero-order valence-corrected chi connectivity index (χ0v) is 19.9. The predicted molar refractivity (Wildman–Crippen MR) is 132 cm³/mol. The maximum absolute atomic E-state index is 13.2. The monoisotopic (exact) mass is 473 g/mol. The molecule has 180 valence electrons. The van der Waals surface area contributed by atoms with E-state index < -0.39 is 17.7 Å². The normalized spacial score (nSPS) is 17.0. The van der Waals surface area contributed by atoms with Gasteiger partial charge in [0, 0.05) is 19.2 Å². The van der Waals surface area contributed by atoms with Gasteiger partial charge in [0.15, 0.2) is 0 Å². The number of rotatable bonds is 8. The van der Waals surface area contributed by atoms with Gasteiger partial charge in [0.05, 0.1) is 25.3 Å². The quantitative estimate of drug-likeness (QED) is 0.286. The van der Waals surface area contributed by atoms with E-state index in [-0.39, 0.29) is 24.5 Å². The van der Waals surface area contributed by atoms with Crippen LogP contribution in [0.5, 0.6) is 17.2 Å². The lowest BCUT2D eigenvalue weighted by molar-refractivity contribution is -0.140. The van der Waals surface area contributed by atoms with Gasteiger partial charge < -0.3 is 24.2 Å². The van der Waals surface area contributed by atoms with Crippen LogP contribution >= 0.6 is 0 Å². The molecule has 0 saturated carbocycles. The van der Waals surface area contributed by atoms with E-state index in [1.54, 1.807) is 43.5 Å². The Morgan fingerprint density at radius 1 is 0.914 bits per heavy atom. The molecule has 7 heteroatoms. The maximum Gasteiger partial charge on any atom is 0.295 e. The maximum atomic E-state index is 13.2. The fourth-order valence-electron chi connectivity index (χ4n) is 4.19. The third-order valence-electron chi connectivity index (χ3n) is 5.92. The lowest BCUT2D eigenvalue weighted by Crippen LogP contribution is -2.32. The zero-order valence-electron chi connectivity index (χ0n) is 19.9. The highest BCUT2D eigenvalue weighted by Gasteiger charge is 2.46. The fourth-order valence-corrected chi connectivity index (χ4v) is 4.19. The summed E-state index contributed by atoms with van der Waals surface area (Å²) < 4.78 is 16.4. The van der Waals surface area contributed by atoms with Crippen molar-refractivity contribution in [2.45, 2.75) is 13.0 Å². The predicted octanol–water partition coefficient (Wildman–Crippen LogP) is 4.86. The molecule has 1 fully saturated rings. The fraction of sp³-hybridized carbons (Fsp3) is 0.214. The molecule has 1 amide bonds. The van der Waals surface area contributed by atoms with Crippen LogP contribution in [-0.4, -0.2) is 49.1 Å². The third-order valence-corrected chi connectivity index (χ3v) is 5.92. The number of ketones is 1. The number of aliphatic hydroxyl groups excluding tert-OH is 1. The van der Waals surface area contributed by atoms with Crippen LogP contribution in [0, 0.1) is 6.92 Å². The molecule has 0 spiro atoms. The standard InChI is InChI=1S/C28H27NO6/c1-18-16-21(34-3)12-13-23(18)26(30)24-25(29(14-15-33-2)28(32)27(24)31)19-8-7-11-22(17-19)35-20-9-5-4-6-10-20/h4-13,16-17,25,30H,14-15H2,1-3H3/t25-/m0/s1. The van der Waals surface area contributed by atoms with Crippen LogP contribution < -0.4 is 9.47 Å². The van der Waals surface area contributed by atoms with Gasteiger partial charge in [0.25, 0.3) is 11.7 Å². The number of amides is 1. The first kappa shape index (κ1) is 24.0. The van der Waals surface area contributed by atoms with Crippen molar-refractivity contribution in [3.63, 3.8) is 0 Å². The number of methoxy groups -OCH3 is 2. The molecule has 35 heavy (non-hydrogen) atoms. The number of carbonyl (C=O) groups excluding carboxylic acids is 2. The Morgan fingerprint density at radius 2 is 1.66 bits per heavy atom. The van der Waals surface area contributed by atoms with E-state index in [2.05, 4.69) is 0 Å². The highest BCUT2D eigenvalue weighted by molar-refractivity contribution is 6.46. The zero-order chi connectivity index (χ0) is 24.9. The average molecular weight is 474 g/mol. The number of likely N-dealkylation sites (tertiary alicyclic amines) is 1. The minimum atomic E-state index is -0.800. The van der Waals surface area contributed by atoms with Gasteiger partial charge in [-0.1, -0.05) is 30.3 Å². The van der Waals surface area contributed by atoms with Crippen molar-refractivity contribution in [1.82, 2.24) is 4.90 Å². The largest absolute Gasteiger partial charge is 0.507 e. The van der Waals surface area contributed by atoms with E-state index >= 15 is 0 Å². The second kappa shape index (κ2) is 10.4. The molecule has 1 aliphatic rings. The van der Waals surface area contributed by atoms with Crippen molar-refractivity contribution in [2.75, 3.05) is 27.4 Å². The summed E-state index contributed by atoms with van der Waals surface area (Å²) in [6, 6.07) is 20.8. The molecule has 1 heterocycles. The molecule has 0 unspecified atom stereocenters. The third kappa shape index (κ3) is 4.90. The Bertz CT molecular complexity index is 1270. The number of hydrogen-bond donors (Lipinski definition) is 1. The number of para-hydroxylation sites is 1. The molecule has 3 aromatic rings. The summed E-state index contributed by atoms with van der Waals surface area (Å²) >= 11 is 0. The van der Waals surface area contributed by atoms with E-state index in [0.29, 0.717) is 33.9 Å². The smallest absolute Gasteiger partial charge is 0.295 e. The molecule has 1 atom stereocenters. The summed E-state index contributed by atoms with van der Waals surface area (Å²) in [5.41, 5.74) is 1.83. The Hall–Kier alpha value is -4.10. The average Bonchev–Trinajstić information content (AvgIpc) is 3.12. The van der Waals surface area contributed by atoms with Gasteiger partial charge in [0.2, 0.25) is 0 Å². The van der Waals surface area contributed by atoms with Crippen LogP contribution in [0.2, 0.25) is 0 Å². The van der Waals surface area contributed by atoms with Crippen molar-refractivity contribution >= 4 is 17.4 Å². The van der Waals surface area contributed by atoms with Gasteiger partial charge in [-0.3, -0.25) is 9.59 Å². The van der Waals surface area contributed by atoms with Gasteiger partial charge in [-0.25, -0.2) is 0 Å². The summed E-state index contributed by atoms with van der Waals surface area (Å²) in [5, 5.41) is 11.3. The summed E-state index contributed by atoms with van der Waals surface area (Å²) in [7, 11) is 3.08. The topological polar surface area (TPSA) is 85.3 Å². The van der Waals surface area contributed by atoms with Crippen LogP contribution in [0.4, 0.5) is 0 Å². The minimum Gasteiger partial charge on any atom is -0.507 e. The van der Waals surface area contributed by atoms with Crippen LogP contribution in [0.3, 0.4) is 0 Å². The number of aryl methyl sites for hydroxylation is 1. The van der Waals surface area contributed by atoms with Crippen molar-refractivity contribution in [1.29, 1.82) is 0 Å². The van der Waals surface area contributed by atoms with E-state index in [1.165, 1.54) is 12.0 Å². The Labute approximate surface area is 204 Å². The molecular weight excluding hydrogens is 446 g/mol. The molecule has 0 aromatic heterocycles. The number of nitrogens with zero attached hydrogens (tertiary/aromatic N) is 1. The van der Waals surface area contributed by atoms with Crippen LogP contribution in [0.1, 0.15) is 22.7 Å². The number of benzene rings is 3. The van der Waals surface area contributed by atoms with Gasteiger partial charge in [0.1, 0.15) is 23.0 Å². The summed E-state index contributed by atoms with van der Waals surface area (Å²) in [6.07, 6.45) is 0. The number of ether oxygens (including phenoxy) is 3. The van der Waals surface area contributed by atoms with Crippen LogP contribution in [0.25, 0.3) is 5.76 Å². The van der Waals surface area contributed by atoms with E-state index in [4.69, 9.17) is 14.2 Å². The van der Waals surface area contributed by atoms with E-state index in [9.17, 15) is 14.7 Å². The highest BCUT2D eigenvalue weighted by Crippen LogP contribution is 2.41.